The van der Waals surface area contributed by atoms with Crippen molar-refractivity contribution in [2.24, 2.45) is 0 Å². The van der Waals surface area contributed by atoms with Crippen LogP contribution in [0.2, 0.25) is 5.02 Å². The Hall–Kier alpha value is -3.26. The average molecular weight is 443 g/mol. The van der Waals surface area contributed by atoms with Crippen molar-refractivity contribution in [3.05, 3.63) is 74.9 Å². The molecule has 1 saturated heterocycles. The van der Waals surface area contributed by atoms with E-state index in [1.54, 1.807) is 28.9 Å². The van der Waals surface area contributed by atoms with Crippen molar-refractivity contribution in [1.29, 1.82) is 0 Å². The molecule has 2 aromatic carbocycles. The predicted molar refractivity (Wildman–Crippen MR) is 115 cm³/mol. The van der Waals surface area contributed by atoms with Crippen LogP contribution >= 0.6 is 11.6 Å². The molecule has 160 valence electrons. The first-order valence-electron chi connectivity index (χ1n) is 9.83. The zero-order valence-corrected chi connectivity index (χ0v) is 17.6. The summed E-state index contributed by atoms with van der Waals surface area (Å²) < 4.78 is 14.4. The summed E-state index contributed by atoms with van der Waals surface area (Å²) in [6.07, 6.45) is 0. The first-order valence-corrected chi connectivity index (χ1v) is 10.2. The number of hydrogen-bond donors (Lipinski definition) is 0. The molecule has 0 unspecified atom stereocenters. The van der Waals surface area contributed by atoms with Crippen molar-refractivity contribution in [2.45, 2.75) is 13.5 Å². The van der Waals surface area contributed by atoms with Crippen LogP contribution in [0.5, 0.6) is 0 Å². The summed E-state index contributed by atoms with van der Waals surface area (Å²) in [6, 6.07) is 10.8. The standard InChI is InChI=1S/C22H20ClFN4O3/c1-14-16-4-2-3-5-17(16)22(31)28(25-14)13-20(29)26-8-10-27(11-9-26)21(30)18-7-6-15(24)12-19(18)23/h2-7,12H,8-11,13H2,1H3. The molecule has 0 atom stereocenters. The first kappa shape index (κ1) is 21.0. The van der Waals surface area contributed by atoms with E-state index in [1.165, 1.54) is 16.8 Å². The molecular formula is C22H20ClFN4O3. The van der Waals surface area contributed by atoms with E-state index in [0.717, 1.165) is 11.5 Å². The van der Waals surface area contributed by atoms with E-state index >= 15 is 0 Å². The second-order valence-electron chi connectivity index (χ2n) is 7.39. The van der Waals surface area contributed by atoms with E-state index in [1.807, 2.05) is 12.1 Å². The van der Waals surface area contributed by atoms with E-state index in [-0.39, 0.29) is 34.5 Å². The lowest BCUT2D eigenvalue weighted by atomic mass is 10.1. The van der Waals surface area contributed by atoms with Gasteiger partial charge in [0, 0.05) is 31.6 Å². The number of nitrogens with zero attached hydrogens (tertiary/aromatic N) is 4. The lowest BCUT2D eigenvalue weighted by Gasteiger charge is -2.35. The summed E-state index contributed by atoms with van der Waals surface area (Å²) in [5, 5.41) is 5.63. The number of amides is 2. The summed E-state index contributed by atoms with van der Waals surface area (Å²) in [7, 11) is 0. The summed E-state index contributed by atoms with van der Waals surface area (Å²) >= 11 is 5.99. The quantitative estimate of drug-likeness (QED) is 0.624. The Balaban J connectivity index is 1.43. The molecule has 31 heavy (non-hydrogen) atoms. The molecule has 1 aliphatic rings. The van der Waals surface area contributed by atoms with Crippen LogP contribution in [-0.4, -0.2) is 57.6 Å². The van der Waals surface area contributed by atoms with Crippen molar-refractivity contribution in [1.82, 2.24) is 19.6 Å². The van der Waals surface area contributed by atoms with Crippen LogP contribution in [0.15, 0.2) is 47.3 Å². The van der Waals surface area contributed by atoms with E-state index < -0.39 is 5.82 Å². The molecule has 1 aliphatic heterocycles. The van der Waals surface area contributed by atoms with Gasteiger partial charge in [-0.15, -0.1) is 0 Å². The van der Waals surface area contributed by atoms with Gasteiger partial charge in [-0.2, -0.15) is 5.10 Å². The van der Waals surface area contributed by atoms with E-state index in [2.05, 4.69) is 5.10 Å². The van der Waals surface area contributed by atoms with Crippen molar-refractivity contribution in [3.63, 3.8) is 0 Å². The van der Waals surface area contributed by atoms with Crippen LogP contribution in [0.25, 0.3) is 10.8 Å². The summed E-state index contributed by atoms with van der Waals surface area (Å²) in [4.78, 5) is 41.3. The Morgan fingerprint density at radius 3 is 2.35 bits per heavy atom. The Morgan fingerprint density at radius 1 is 1.03 bits per heavy atom. The van der Waals surface area contributed by atoms with Gasteiger partial charge in [-0.05, 0) is 31.2 Å². The van der Waals surface area contributed by atoms with Gasteiger partial charge < -0.3 is 9.80 Å². The number of rotatable bonds is 3. The highest BCUT2D eigenvalue weighted by Crippen LogP contribution is 2.20. The number of hydrogen-bond acceptors (Lipinski definition) is 4. The molecule has 0 aliphatic carbocycles. The zero-order chi connectivity index (χ0) is 22.1. The normalized spacial score (nSPS) is 14.2. The minimum atomic E-state index is -0.509. The van der Waals surface area contributed by atoms with Crippen molar-refractivity contribution >= 4 is 34.2 Å². The molecule has 0 N–H and O–H groups in total. The fourth-order valence-corrected chi connectivity index (χ4v) is 3.98. The number of halogens is 2. The summed E-state index contributed by atoms with van der Waals surface area (Å²) in [5.41, 5.74) is 0.592. The Morgan fingerprint density at radius 2 is 1.68 bits per heavy atom. The molecule has 3 aromatic rings. The second-order valence-corrected chi connectivity index (χ2v) is 7.80. The molecule has 0 bridgehead atoms. The molecular weight excluding hydrogens is 423 g/mol. The fourth-order valence-electron chi connectivity index (χ4n) is 3.73. The zero-order valence-electron chi connectivity index (χ0n) is 16.8. The molecule has 1 aromatic heterocycles. The van der Waals surface area contributed by atoms with Crippen LogP contribution < -0.4 is 5.56 Å². The van der Waals surface area contributed by atoms with E-state index in [4.69, 9.17) is 11.6 Å². The lowest BCUT2D eigenvalue weighted by molar-refractivity contribution is -0.133. The number of aromatic nitrogens is 2. The van der Waals surface area contributed by atoms with Crippen molar-refractivity contribution < 1.29 is 14.0 Å². The van der Waals surface area contributed by atoms with Crippen molar-refractivity contribution in [2.75, 3.05) is 26.2 Å². The summed E-state index contributed by atoms with van der Waals surface area (Å²) in [6.45, 7) is 2.92. The minimum Gasteiger partial charge on any atom is -0.338 e. The Bertz CT molecular complexity index is 1240. The fraction of sp³-hybridized carbons (Fsp3) is 0.273. The van der Waals surface area contributed by atoms with Gasteiger partial charge in [0.25, 0.3) is 11.5 Å². The molecule has 2 heterocycles. The Kier molecular flexibility index (Phi) is 5.73. The van der Waals surface area contributed by atoms with Gasteiger partial charge in [0.15, 0.2) is 0 Å². The lowest BCUT2D eigenvalue weighted by Crippen LogP contribution is -2.51. The highest BCUT2D eigenvalue weighted by Gasteiger charge is 2.26. The third kappa shape index (κ3) is 4.16. The molecule has 9 heteroatoms. The second kappa shape index (κ2) is 8.47. The van der Waals surface area contributed by atoms with Crippen LogP contribution in [0, 0.1) is 12.7 Å². The van der Waals surface area contributed by atoms with Crippen LogP contribution in [-0.2, 0) is 11.3 Å². The van der Waals surface area contributed by atoms with E-state index in [9.17, 15) is 18.8 Å². The van der Waals surface area contributed by atoms with Crippen molar-refractivity contribution in [3.8, 4) is 0 Å². The number of aryl methyl sites for hydroxylation is 1. The van der Waals surface area contributed by atoms with Gasteiger partial charge in [-0.25, -0.2) is 9.07 Å². The van der Waals surface area contributed by atoms with Gasteiger partial charge in [-0.1, -0.05) is 29.8 Å². The number of carbonyl (C=O) groups excluding carboxylic acids is 2. The molecule has 1 fully saturated rings. The topological polar surface area (TPSA) is 75.5 Å². The first-order chi connectivity index (χ1) is 14.8. The average Bonchev–Trinajstić information content (AvgIpc) is 2.77. The number of fused-ring (bicyclic) bond motifs is 1. The SMILES string of the molecule is Cc1nn(CC(=O)N2CCN(C(=O)c3ccc(F)cc3Cl)CC2)c(=O)c2ccccc12. The molecule has 0 spiro atoms. The third-order valence-electron chi connectivity index (χ3n) is 5.42. The van der Waals surface area contributed by atoms with Crippen LogP contribution in [0.3, 0.4) is 0 Å². The highest BCUT2D eigenvalue weighted by molar-refractivity contribution is 6.33. The van der Waals surface area contributed by atoms with Gasteiger partial charge in [0.1, 0.15) is 12.4 Å². The van der Waals surface area contributed by atoms with Gasteiger partial charge in [0.2, 0.25) is 5.91 Å². The monoisotopic (exact) mass is 442 g/mol. The minimum absolute atomic E-state index is 0.0561. The van der Waals surface area contributed by atoms with Gasteiger partial charge >= 0.3 is 0 Å². The smallest absolute Gasteiger partial charge is 0.275 e. The maximum Gasteiger partial charge on any atom is 0.275 e. The van der Waals surface area contributed by atoms with Gasteiger partial charge in [-0.3, -0.25) is 14.4 Å². The highest BCUT2D eigenvalue weighted by atomic mass is 35.5. The maximum atomic E-state index is 13.2. The third-order valence-corrected chi connectivity index (χ3v) is 5.73. The Labute approximate surface area is 182 Å². The molecule has 2 amide bonds. The van der Waals surface area contributed by atoms with E-state index in [0.29, 0.717) is 37.3 Å². The summed E-state index contributed by atoms with van der Waals surface area (Å²) in [5.74, 6) is -1.05. The van der Waals surface area contributed by atoms with Crippen LogP contribution in [0.1, 0.15) is 16.1 Å². The van der Waals surface area contributed by atoms with Crippen LogP contribution in [0.4, 0.5) is 4.39 Å². The maximum absolute atomic E-state index is 13.2. The molecule has 0 radical (unpaired) electrons. The largest absolute Gasteiger partial charge is 0.338 e. The predicted octanol–water partition coefficient (Wildman–Crippen LogP) is 2.48. The molecule has 7 nitrogen and oxygen atoms in total. The molecule has 0 saturated carbocycles. The number of carbonyl (C=O) groups is 2. The van der Waals surface area contributed by atoms with Gasteiger partial charge in [0.05, 0.1) is 21.7 Å². The number of piperazine rings is 1. The molecule has 4 rings (SSSR count). The number of benzene rings is 2.